The molecule has 1 N–H and O–H groups in total. The average molecular weight is 262 g/mol. The highest BCUT2D eigenvalue weighted by Crippen LogP contribution is 2.19. The molecule has 0 saturated carbocycles. The summed E-state index contributed by atoms with van der Waals surface area (Å²) < 4.78 is 2.92. The zero-order valence-electron chi connectivity index (χ0n) is 10.6. The Balaban J connectivity index is 1.92. The quantitative estimate of drug-likeness (QED) is 0.864. The third-order valence-corrected chi connectivity index (χ3v) is 3.94. The van der Waals surface area contributed by atoms with Gasteiger partial charge in [-0.3, -0.25) is 4.57 Å². The minimum atomic E-state index is 0.360. The zero-order chi connectivity index (χ0) is 12.5. The van der Waals surface area contributed by atoms with Gasteiger partial charge in [-0.05, 0) is 57.2 Å². The van der Waals surface area contributed by atoms with Crippen LogP contribution in [0.5, 0.6) is 0 Å². The highest BCUT2D eigenvalue weighted by Gasteiger charge is 2.18. The molecule has 3 rings (SSSR count). The summed E-state index contributed by atoms with van der Waals surface area (Å²) in [7, 11) is 0. The molecule has 1 atom stereocenters. The lowest BCUT2D eigenvalue weighted by atomic mass is 10.3. The van der Waals surface area contributed by atoms with Crippen molar-refractivity contribution in [3.63, 3.8) is 0 Å². The number of H-pyrrole nitrogens is 1. The number of pyridine rings is 1. The Labute approximate surface area is 112 Å². The Morgan fingerprint density at radius 2 is 2.22 bits per heavy atom. The number of aromatic amines is 1. The first-order valence-corrected chi connectivity index (χ1v) is 6.94. The van der Waals surface area contributed by atoms with Crippen LogP contribution in [-0.4, -0.2) is 39.1 Å². The van der Waals surface area contributed by atoms with Gasteiger partial charge in [0.1, 0.15) is 0 Å². The molecule has 4 nitrogen and oxygen atoms in total. The Morgan fingerprint density at radius 3 is 3.00 bits per heavy atom. The van der Waals surface area contributed by atoms with Crippen molar-refractivity contribution in [2.24, 2.45) is 0 Å². The molecule has 96 valence electrons. The Kier molecular flexibility index (Phi) is 3.18. The molecule has 1 unspecified atom stereocenters. The van der Waals surface area contributed by atoms with Crippen LogP contribution >= 0.6 is 12.2 Å². The largest absolute Gasteiger partial charge is 0.329 e. The van der Waals surface area contributed by atoms with Gasteiger partial charge in [-0.2, -0.15) is 0 Å². The minimum Gasteiger partial charge on any atom is -0.329 e. The number of hydrogen-bond donors (Lipinski definition) is 1. The van der Waals surface area contributed by atoms with E-state index >= 15 is 0 Å². The third kappa shape index (κ3) is 2.08. The molecule has 1 aliphatic rings. The van der Waals surface area contributed by atoms with Gasteiger partial charge >= 0.3 is 0 Å². The molecule has 1 aliphatic heterocycles. The van der Waals surface area contributed by atoms with Crippen LogP contribution in [0.2, 0.25) is 0 Å². The van der Waals surface area contributed by atoms with E-state index in [0.717, 1.165) is 22.5 Å². The zero-order valence-corrected chi connectivity index (χ0v) is 11.4. The maximum atomic E-state index is 5.42. The van der Waals surface area contributed by atoms with Crippen molar-refractivity contribution < 1.29 is 0 Å². The van der Waals surface area contributed by atoms with Crippen LogP contribution < -0.4 is 0 Å². The molecule has 5 heteroatoms. The van der Waals surface area contributed by atoms with E-state index in [0.29, 0.717) is 6.04 Å². The van der Waals surface area contributed by atoms with Crippen molar-refractivity contribution in [3.05, 3.63) is 23.1 Å². The summed E-state index contributed by atoms with van der Waals surface area (Å²) in [5.74, 6) is 0. The fourth-order valence-corrected chi connectivity index (χ4v) is 3.16. The van der Waals surface area contributed by atoms with Crippen molar-refractivity contribution in [1.29, 1.82) is 0 Å². The van der Waals surface area contributed by atoms with Crippen molar-refractivity contribution >= 4 is 23.4 Å². The fraction of sp³-hybridized carbons (Fsp3) is 0.538. The number of nitrogens with one attached hydrogen (secondary N) is 1. The summed E-state index contributed by atoms with van der Waals surface area (Å²) in [5, 5.41) is 0. The number of nitrogens with zero attached hydrogens (tertiary/aromatic N) is 3. The molecule has 0 aliphatic carbocycles. The summed E-state index contributed by atoms with van der Waals surface area (Å²) in [5.41, 5.74) is 1.99. The van der Waals surface area contributed by atoms with Crippen molar-refractivity contribution in [3.8, 4) is 0 Å². The second kappa shape index (κ2) is 4.82. The first-order chi connectivity index (χ1) is 8.75. The van der Waals surface area contributed by atoms with Gasteiger partial charge in [0.15, 0.2) is 10.4 Å². The summed E-state index contributed by atoms with van der Waals surface area (Å²) in [6.07, 6.45) is 4.47. The Morgan fingerprint density at radius 1 is 1.44 bits per heavy atom. The monoisotopic (exact) mass is 262 g/mol. The molecule has 0 radical (unpaired) electrons. The van der Waals surface area contributed by atoms with Crippen molar-refractivity contribution in [2.75, 3.05) is 19.6 Å². The van der Waals surface area contributed by atoms with Crippen LogP contribution in [-0.2, 0) is 0 Å². The number of imidazole rings is 1. The summed E-state index contributed by atoms with van der Waals surface area (Å²) in [4.78, 5) is 10.2. The van der Waals surface area contributed by atoms with E-state index in [2.05, 4.69) is 26.4 Å². The lowest BCUT2D eigenvalue weighted by Gasteiger charge is -2.21. The number of rotatable bonds is 3. The molecule has 1 saturated heterocycles. The molecule has 0 aromatic carbocycles. The molecule has 2 aromatic rings. The van der Waals surface area contributed by atoms with E-state index in [9.17, 15) is 0 Å². The summed E-state index contributed by atoms with van der Waals surface area (Å²) in [6, 6.07) is 4.32. The van der Waals surface area contributed by atoms with E-state index in [1.165, 1.54) is 25.9 Å². The van der Waals surface area contributed by atoms with Gasteiger partial charge < -0.3 is 9.88 Å². The maximum Gasteiger partial charge on any atom is 0.179 e. The highest BCUT2D eigenvalue weighted by molar-refractivity contribution is 7.71. The predicted molar refractivity (Wildman–Crippen MR) is 75.3 cm³/mol. The lowest BCUT2D eigenvalue weighted by Crippen LogP contribution is -2.27. The molecule has 0 bridgehead atoms. The van der Waals surface area contributed by atoms with Gasteiger partial charge in [-0.15, -0.1) is 0 Å². The maximum absolute atomic E-state index is 5.42. The number of likely N-dealkylation sites (tertiary alicyclic amines) is 1. The topological polar surface area (TPSA) is 36.9 Å². The Hall–Kier alpha value is -1.20. The van der Waals surface area contributed by atoms with E-state index < -0.39 is 0 Å². The van der Waals surface area contributed by atoms with Crippen LogP contribution in [0.1, 0.15) is 25.8 Å². The van der Waals surface area contributed by atoms with E-state index in [-0.39, 0.29) is 0 Å². The van der Waals surface area contributed by atoms with Crippen LogP contribution in [0.3, 0.4) is 0 Å². The number of fused-ring (bicyclic) bond motifs is 1. The van der Waals surface area contributed by atoms with Gasteiger partial charge in [0, 0.05) is 18.8 Å². The molecule has 1 fully saturated rings. The minimum absolute atomic E-state index is 0.360. The van der Waals surface area contributed by atoms with Gasteiger partial charge in [0.2, 0.25) is 0 Å². The molecular weight excluding hydrogens is 244 g/mol. The number of hydrogen-bond acceptors (Lipinski definition) is 3. The average Bonchev–Trinajstić information content (AvgIpc) is 2.94. The lowest BCUT2D eigenvalue weighted by molar-refractivity contribution is 0.289. The molecule has 0 spiro atoms. The van der Waals surface area contributed by atoms with E-state index in [4.69, 9.17) is 12.2 Å². The number of aromatic nitrogens is 3. The first kappa shape index (κ1) is 11.9. The molecule has 0 amide bonds. The molecule has 3 heterocycles. The predicted octanol–water partition coefficient (Wildman–Crippen LogP) is 2.75. The van der Waals surface area contributed by atoms with Crippen LogP contribution in [0.25, 0.3) is 11.2 Å². The van der Waals surface area contributed by atoms with Gasteiger partial charge in [0.25, 0.3) is 0 Å². The van der Waals surface area contributed by atoms with Crippen molar-refractivity contribution in [2.45, 2.75) is 25.8 Å². The molecule has 18 heavy (non-hydrogen) atoms. The second-order valence-electron chi connectivity index (χ2n) is 5.03. The van der Waals surface area contributed by atoms with Crippen LogP contribution in [0, 0.1) is 4.77 Å². The fourth-order valence-electron chi connectivity index (χ4n) is 2.79. The van der Waals surface area contributed by atoms with Gasteiger partial charge in [0.05, 0.1) is 5.52 Å². The molecule has 2 aromatic heterocycles. The van der Waals surface area contributed by atoms with Crippen LogP contribution in [0.4, 0.5) is 0 Å². The van der Waals surface area contributed by atoms with Gasteiger partial charge in [-0.1, -0.05) is 0 Å². The van der Waals surface area contributed by atoms with E-state index in [1.807, 2.05) is 18.3 Å². The SMILES string of the molecule is CC(CN1CCCC1)n1c(=S)[nH]c2cccnc21. The van der Waals surface area contributed by atoms with Crippen molar-refractivity contribution in [1.82, 2.24) is 19.4 Å². The summed E-state index contributed by atoms with van der Waals surface area (Å²) >= 11 is 5.42. The molecular formula is C13H18N4S. The van der Waals surface area contributed by atoms with E-state index in [1.54, 1.807) is 0 Å². The first-order valence-electron chi connectivity index (χ1n) is 6.53. The standard InChI is InChI=1S/C13H18N4S/c1-10(9-16-7-2-3-8-16)17-12-11(15-13(17)18)5-4-6-14-12/h4-6,10H,2-3,7-9H2,1H3,(H,15,18). The second-order valence-corrected chi connectivity index (χ2v) is 5.42. The third-order valence-electron chi connectivity index (χ3n) is 3.64. The van der Waals surface area contributed by atoms with Gasteiger partial charge in [-0.25, -0.2) is 4.98 Å². The van der Waals surface area contributed by atoms with Crippen LogP contribution in [0.15, 0.2) is 18.3 Å². The Bertz CT molecular complexity index is 594. The summed E-state index contributed by atoms with van der Waals surface area (Å²) in [6.45, 7) is 5.70. The highest BCUT2D eigenvalue weighted by atomic mass is 32.1. The normalized spacial score (nSPS) is 18.5. The smallest absolute Gasteiger partial charge is 0.179 e.